The van der Waals surface area contributed by atoms with E-state index in [1.54, 1.807) is 12.4 Å². The van der Waals surface area contributed by atoms with Gasteiger partial charge in [0.25, 0.3) is 0 Å². The number of unbranched alkanes of at least 4 members (excludes halogenated alkanes) is 1. The number of rotatable bonds is 7. The minimum absolute atomic E-state index is 0.0382. The third-order valence-electron chi connectivity index (χ3n) is 6.08. The molecule has 2 amide bonds. The molecule has 152 valence electrons. The molecule has 29 heavy (non-hydrogen) atoms. The van der Waals surface area contributed by atoms with Crippen LogP contribution in [0.5, 0.6) is 0 Å². The molecule has 0 aliphatic carbocycles. The first-order valence-electron chi connectivity index (χ1n) is 10.5. The van der Waals surface area contributed by atoms with E-state index in [1.165, 1.54) is 5.56 Å². The molecule has 2 aliphatic heterocycles. The van der Waals surface area contributed by atoms with E-state index in [0.29, 0.717) is 19.4 Å². The summed E-state index contributed by atoms with van der Waals surface area (Å²) < 4.78 is 0. The lowest BCUT2D eigenvalue weighted by molar-refractivity contribution is -0.132. The second-order valence-corrected chi connectivity index (χ2v) is 8.11. The van der Waals surface area contributed by atoms with Gasteiger partial charge in [0.1, 0.15) is 0 Å². The number of carbonyl (C=O) groups is 2. The van der Waals surface area contributed by atoms with Crippen molar-refractivity contribution in [2.45, 2.75) is 64.1 Å². The lowest BCUT2D eigenvalue weighted by Gasteiger charge is -2.25. The summed E-state index contributed by atoms with van der Waals surface area (Å²) in [7, 11) is 0. The van der Waals surface area contributed by atoms with Crippen LogP contribution in [0.3, 0.4) is 0 Å². The molecule has 0 radical (unpaired) electrons. The summed E-state index contributed by atoms with van der Waals surface area (Å²) in [4.78, 5) is 37.7. The first-order chi connectivity index (χ1) is 14.1. The fraction of sp³-hybridized carbons (Fsp3) is 0.478. The van der Waals surface area contributed by atoms with Crippen molar-refractivity contribution in [2.75, 3.05) is 6.54 Å². The SMILES string of the molecule is Cc1cc(CN2C(=O)C[C@H]3[C@@H]2CCN3C(=O)CCCCc2cccnc2)ccn1. The highest BCUT2D eigenvalue weighted by Crippen LogP contribution is 2.34. The highest BCUT2D eigenvalue weighted by atomic mass is 16.2. The second kappa shape index (κ2) is 8.72. The van der Waals surface area contributed by atoms with Gasteiger partial charge >= 0.3 is 0 Å². The van der Waals surface area contributed by atoms with Crippen molar-refractivity contribution in [3.63, 3.8) is 0 Å². The molecular weight excluding hydrogens is 364 g/mol. The molecule has 0 bridgehead atoms. The predicted octanol–water partition coefficient (Wildman–Crippen LogP) is 2.90. The number of aromatic nitrogens is 2. The molecule has 0 aromatic carbocycles. The van der Waals surface area contributed by atoms with Gasteiger partial charge in [-0.2, -0.15) is 0 Å². The quantitative estimate of drug-likeness (QED) is 0.680. The van der Waals surface area contributed by atoms with Crippen molar-refractivity contribution in [3.05, 3.63) is 59.7 Å². The largest absolute Gasteiger partial charge is 0.337 e. The number of hydrogen-bond donors (Lipinski definition) is 0. The van der Waals surface area contributed by atoms with Crippen LogP contribution in [0.15, 0.2) is 42.9 Å². The van der Waals surface area contributed by atoms with Crippen molar-refractivity contribution >= 4 is 11.8 Å². The van der Waals surface area contributed by atoms with E-state index in [9.17, 15) is 9.59 Å². The molecular formula is C23H28N4O2. The van der Waals surface area contributed by atoms with Gasteiger partial charge in [0.15, 0.2) is 0 Å². The van der Waals surface area contributed by atoms with Gasteiger partial charge in [-0.25, -0.2) is 0 Å². The third-order valence-corrected chi connectivity index (χ3v) is 6.08. The number of likely N-dealkylation sites (tertiary alicyclic amines) is 2. The molecule has 2 aromatic rings. The fourth-order valence-corrected chi connectivity index (χ4v) is 4.64. The Morgan fingerprint density at radius 2 is 2.07 bits per heavy atom. The smallest absolute Gasteiger partial charge is 0.225 e. The van der Waals surface area contributed by atoms with Gasteiger partial charge < -0.3 is 9.80 Å². The molecule has 6 heteroatoms. The Balaban J connectivity index is 1.29. The zero-order valence-corrected chi connectivity index (χ0v) is 17.0. The van der Waals surface area contributed by atoms with Gasteiger partial charge in [-0.15, -0.1) is 0 Å². The van der Waals surface area contributed by atoms with Crippen LogP contribution in [0.4, 0.5) is 0 Å². The summed E-state index contributed by atoms with van der Waals surface area (Å²) in [6.45, 7) is 3.33. The minimum Gasteiger partial charge on any atom is -0.337 e. The van der Waals surface area contributed by atoms with Crippen LogP contribution < -0.4 is 0 Å². The summed E-state index contributed by atoms with van der Waals surface area (Å²) in [5, 5.41) is 0. The second-order valence-electron chi connectivity index (χ2n) is 8.11. The normalized spacial score (nSPS) is 20.9. The number of hydrogen-bond acceptors (Lipinski definition) is 4. The summed E-state index contributed by atoms with van der Waals surface area (Å²) in [5.74, 6) is 0.349. The maximum Gasteiger partial charge on any atom is 0.225 e. The Hall–Kier alpha value is -2.76. The topological polar surface area (TPSA) is 66.4 Å². The molecule has 0 unspecified atom stereocenters. The maximum absolute atomic E-state index is 12.8. The van der Waals surface area contributed by atoms with Crippen LogP contribution in [0.2, 0.25) is 0 Å². The van der Waals surface area contributed by atoms with Crippen LogP contribution in [-0.4, -0.2) is 50.2 Å². The molecule has 4 heterocycles. The summed E-state index contributed by atoms with van der Waals surface area (Å²) in [6, 6.07) is 8.20. The van der Waals surface area contributed by atoms with Crippen LogP contribution in [0.1, 0.15) is 48.9 Å². The van der Waals surface area contributed by atoms with Gasteiger partial charge in [-0.05, 0) is 61.9 Å². The number of amides is 2. The summed E-state index contributed by atoms with van der Waals surface area (Å²) >= 11 is 0. The van der Waals surface area contributed by atoms with E-state index in [-0.39, 0.29) is 23.9 Å². The Kier molecular flexibility index (Phi) is 5.88. The number of nitrogens with zero attached hydrogens (tertiary/aromatic N) is 4. The molecule has 2 saturated heterocycles. The molecule has 2 fully saturated rings. The van der Waals surface area contributed by atoms with Gasteiger partial charge in [-0.1, -0.05) is 6.07 Å². The Morgan fingerprint density at radius 3 is 2.86 bits per heavy atom. The van der Waals surface area contributed by atoms with Crippen molar-refractivity contribution in [2.24, 2.45) is 0 Å². The molecule has 0 N–H and O–H groups in total. The fourth-order valence-electron chi connectivity index (χ4n) is 4.64. The Labute approximate surface area is 172 Å². The first-order valence-corrected chi connectivity index (χ1v) is 10.5. The van der Waals surface area contributed by atoms with Crippen molar-refractivity contribution < 1.29 is 9.59 Å². The highest BCUT2D eigenvalue weighted by Gasteiger charge is 2.47. The summed E-state index contributed by atoms with van der Waals surface area (Å²) in [6.07, 6.45) is 10.1. The predicted molar refractivity (Wildman–Crippen MR) is 110 cm³/mol. The van der Waals surface area contributed by atoms with Crippen LogP contribution in [-0.2, 0) is 22.6 Å². The third kappa shape index (κ3) is 4.47. The average molecular weight is 393 g/mol. The average Bonchev–Trinajstić information content (AvgIpc) is 3.25. The van der Waals surface area contributed by atoms with Gasteiger partial charge in [0.2, 0.25) is 11.8 Å². The number of aryl methyl sites for hydroxylation is 2. The van der Waals surface area contributed by atoms with Gasteiger partial charge in [0, 0.05) is 50.2 Å². The number of fused-ring (bicyclic) bond motifs is 1. The van der Waals surface area contributed by atoms with E-state index < -0.39 is 0 Å². The van der Waals surface area contributed by atoms with Crippen LogP contribution in [0, 0.1) is 6.92 Å². The molecule has 0 spiro atoms. The first kappa shape index (κ1) is 19.6. The van der Waals surface area contributed by atoms with Crippen molar-refractivity contribution in [1.29, 1.82) is 0 Å². The number of carbonyl (C=O) groups excluding carboxylic acids is 2. The molecule has 6 nitrogen and oxygen atoms in total. The minimum atomic E-state index is 0.0382. The van der Waals surface area contributed by atoms with E-state index in [2.05, 4.69) is 16.0 Å². The molecule has 2 aromatic heterocycles. The molecule has 2 atom stereocenters. The molecule has 4 rings (SSSR count). The van der Waals surface area contributed by atoms with Crippen molar-refractivity contribution in [1.82, 2.24) is 19.8 Å². The highest BCUT2D eigenvalue weighted by molar-refractivity contribution is 5.83. The maximum atomic E-state index is 12.8. The lowest BCUT2D eigenvalue weighted by Crippen LogP contribution is -2.39. The van der Waals surface area contributed by atoms with Crippen LogP contribution >= 0.6 is 0 Å². The van der Waals surface area contributed by atoms with Gasteiger partial charge in [0.05, 0.1) is 12.1 Å². The molecule has 2 aliphatic rings. The van der Waals surface area contributed by atoms with E-state index >= 15 is 0 Å². The van der Waals surface area contributed by atoms with E-state index in [4.69, 9.17) is 0 Å². The monoisotopic (exact) mass is 392 g/mol. The lowest BCUT2D eigenvalue weighted by atomic mass is 10.1. The van der Waals surface area contributed by atoms with Crippen molar-refractivity contribution in [3.8, 4) is 0 Å². The molecule has 0 saturated carbocycles. The zero-order valence-electron chi connectivity index (χ0n) is 17.0. The summed E-state index contributed by atoms with van der Waals surface area (Å²) in [5.41, 5.74) is 3.27. The number of pyridine rings is 2. The Morgan fingerprint density at radius 1 is 1.17 bits per heavy atom. The van der Waals surface area contributed by atoms with Crippen LogP contribution in [0.25, 0.3) is 0 Å². The van der Waals surface area contributed by atoms with Gasteiger partial charge in [-0.3, -0.25) is 19.6 Å². The van der Waals surface area contributed by atoms with E-state index in [1.807, 2.05) is 41.1 Å². The standard InChI is InChI=1S/C23H28N4O2/c1-17-13-19(8-11-25-17)16-27-20-9-12-26(21(20)14-23(27)29)22(28)7-3-2-5-18-6-4-10-24-15-18/h4,6,8,10-11,13,15,20-21H,2-3,5,7,9,12,14,16H2,1H3/t20-,21-/m0/s1. The zero-order chi connectivity index (χ0) is 20.2. The van der Waals surface area contributed by atoms with E-state index in [0.717, 1.165) is 43.5 Å². The Bertz CT molecular complexity index is 870.